The minimum Gasteiger partial charge on any atom is -0.497 e. The topological polar surface area (TPSA) is 79.3 Å². The minimum absolute atomic E-state index is 0.0145. The summed E-state index contributed by atoms with van der Waals surface area (Å²) in [5.41, 5.74) is 9.38. The van der Waals surface area contributed by atoms with Crippen molar-refractivity contribution >= 4 is 11.5 Å². The molecule has 1 heterocycles. The molecular weight excluding hydrogens is 393 g/mol. The predicted molar refractivity (Wildman–Crippen MR) is 116 cm³/mol. The number of ether oxygens (including phenoxy) is 1. The van der Waals surface area contributed by atoms with Crippen molar-refractivity contribution in [1.82, 2.24) is 0 Å². The molecular formula is C25H24FN3O2. The molecule has 1 aliphatic carbocycles. The highest BCUT2D eigenvalue weighted by molar-refractivity contribution is 6.01. The summed E-state index contributed by atoms with van der Waals surface area (Å²) in [5.74, 6) is -0.0216. The average molecular weight is 417 g/mol. The van der Waals surface area contributed by atoms with Crippen LogP contribution >= 0.6 is 0 Å². The number of hydrogen-bond donors (Lipinski definition) is 1. The largest absolute Gasteiger partial charge is 0.497 e. The van der Waals surface area contributed by atoms with Crippen LogP contribution in [0.3, 0.4) is 0 Å². The number of benzene rings is 2. The van der Waals surface area contributed by atoms with Crippen LogP contribution in [0.4, 0.5) is 10.1 Å². The van der Waals surface area contributed by atoms with Gasteiger partial charge in [-0.1, -0.05) is 26.0 Å². The summed E-state index contributed by atoms with van der Waals surface area (Å²) in [4.78, 5) is 15.2. The normalized spacial score (nSPS) is 20.4. The van der Waals surface area contributed by atoms with Crippen LogP contribution in [0.2, 0.25) is 0 Å². The summed E-state index contributed by atoms with van der Waals surface area (Å²) in [7, 11) is 1.59. The van der Waals surface area contributed by atoms with Crippen molar-refractivity contribution < 1.29 is 13.9 Å². The monoisotopic (exact) mass is 417 g/mol. The fraction of sp³-hybridized carbons (Fsp3) is 0.280. The Labute approximate surface area is 181 Å². The van der Waals surface area contributed by atoms with E-state index in [1.807, 2.05) is 43.0 Å². The van der Waals surface area contributed by atoms with E-state index < -0.39 is 5.92 Å². The molecule has 1 aliphatic heterocycles. The zero-order chi connectivity index (χ0) is 22.3. The molecule has 2 aromatic rings. The van der Waals surface area contributed by atoms with Gasteiger partial charge in [-0.2, -0.15) is 5.26 Å². The van der Waals surface area contributed by atoms with Gasteiger partial charge in [0, 0.05) is 23.4 Å². The molecule has 2 aliphatic rings. The molecule has 1 unspecified atom stereocenters. The maximum atomic E-state index is 13.6. The fourth-order valence-electron chi connectivity index (χ4n) is 4.52. The van der Waals surface area contributed by atoms with Crippen molar-refractivity contribution in [3.8, 4) is 11.8 Å². The summed E-state index contributed by atoms with van der Waals surface area (Å²) < 4.78 is 18.8. The van der Waals surface area contributed by atoms with Gasteiger partial charge in [-0.3, -0.25) is 9.69 Å². The smallest absolute Gasteiger partial charge is 0.162 e. The average Bonchev–Trinajstić information content (AvgIpc) is 2.73. The minimum atomic E-state index is -0.612. The van der Waals surface area contributed by atoms with E-state index in [2.05, 4.69) is 6.07 Å². The van der Waals surface area contributed by atoms with E-state index >= 15 is 0 Å². The third-order valence-electron chi connectivity index (χ3n) is 5.91. The molecule has 0 radical (unpaired) electrons. The molecule has 0 bridgehead atoms. The molecule has 5 nitrogen and oxygen atoms in total. The van der Waals surface area contributed by atoms with Crippen molar-refractivity contribution in [3.63, 3.8) is 0 Å². The molecule has 0 saturated carbocycles. The van der Waals surface area contributed by atoms with Crippen molar-refractivity contribution in [2.75, 3.05) is 12.0 Å². The summed E-state index contributed by atoms with van der Waals surface area (Å²) >= 11 is 0. The van der Waals surface area contributed by atoms with Crippen LogP contribution in [0.25, 0.3) is 0 Å². The van der Waals surface area contributed by atoms with E-state index in [0.717, 1.165) is 11.4 Å². The Hall–Kier alpha value is -3.59. The number of nitriles is 1. The second kappa shape index (κ2) is 7.59. The first-order valence-corrected chi connectivity index (χ1v) is 10.1. The highest BCUT2D eigenvalue weighted by atomic mass is 19.1. The summed E-state index contributed by atoms with van der Waals surface area (Å²) in [5, 5.41) is 10.0. The number of hydrogen-bond acceptors (Lipinski definition) is 5. The van der Waals surface area contributed by atoms with E-state index in [4.69, 9.17) is 10.5 Å². The van der Waals surface area contributed by atoms with Crippen molar-refractivity contribution in [3.05, 3.63) is 82.6 Å². The summed E-state index contributed by atoms with van der Waals surface area (Å²) in [6.07, 6.45) is 0.996. The molecule has 0 aromatic heterocycles. The van der Waals surface area contributed by atoms with Crippen molar-refractivity contribution in [2.45, 2.75) is 32.6 Å². The predicted octanol–water partition coefficient (Wildman–Crippen LogP) is 4.78. The third-order valence-corrected chi connectivity index (χ3v) is 5.91. The number of carbonyl (C=O) groups excluding carboxylic acids is 1. The second-order valence-corrected chi connectivity index (χ2v) is 8.73. The van der Waals surface area contributed by atoms with Gasteiger partial charge in [0.25, 0.3) is 0 Å². The van der Waals surface area contributed by atoms with Gasteiger partial charge >= 0.3 is 0 Å². The van der Waals surface area contributed by atoms with Gasteiger partial charge in [0.2, 0.25) is 0 Å². The van der Waals surface area contributed by atoms with Crippen LogP contribution < -0.4 is 15.4 Å². The van der Waals surface area contributed by atoms with Gasteiger partial charge in [-0.25, -0.2) is 4.39 Å². The number of anilines is 1. The standard InChI is InChI=1S/C25H24FN3O2/c1-25(2)12-20-23(21(30)13-25)22(15-4-6-16(26)7-5-15)19(14-27)24(28)29(20)17-8-10-18(31-3)11-9-17/h4-11,22H,12-13,28H2,1-3H3. The zero-order valence-electron chi connectivity index (χ0n) is 17.8. The molecule has 2 N–H and O–H groups in total. The summed E-state index contributed by atoms with van der Waals surface area (Å²) in [6.45, 7) is 4.10. The Morgan fingerprint density at radius 3 is 2.35 bits per heavy atom. The molecule has 4 rings (SSSR count). The molecule has 0 fully saturated rings. The fourth-order valence-corrected chi connectivity index (χ4v) is 4.52. The van der Waals surface area contributed by atoms with Crippen LogP contribution in [-0.2, 0) is 4.79 Å². The molecule has 0 saturated heterocycles. The maximum Gasteiger partial charge on any atom is 0.162 e. The Morgan fingerprint density at radius 1 is 1.13 bits per heavy atom. The van der Waals surface area contributed by atoms with Crippen molar-refractivity contribution in [2.24, 2.45) is 11.1 Å². The van der Waals surface area contributed by atoms with E-state index in [-0.39, 0.29) is 28.4 Å². The molecule has 31 heavy (non-hydrogen) atoms. The number of nitrogens with two attached hydrogens (primary N) is 1. The van der Waals surface area contributed by atoms with Gasteiger partial charge in [0.1, 0.15) is 17.4 Å². The van der Waals surface area contributed by atoms with Crippen LogP contribution in [-0.4, -0.2) is 12.9 Å². The first-order chi connectivity index (χ1) is 14.8. The van der Waals surface area contributed by atoms with Crippen LogP contribution in [0.15, 0.2) is 71.2 Å². The SMILES string of the molecule is COc1ccc(N2C(N)=C(C#N)C(c3ccc(F)cc3)C3=C2CC(C)(C)CC3=O)cc1. The lowest BCUT2D eigenvalue weighted by Gasteiger charge is -2.43. The van der Waals surface area contributed by atoms with Crippen molar-refractivity contribution in [1.29, 1.82) is 5.26 Å². The zero-order valence-corrected chi connectivity index (χ0v) is 17.8. The number of rotatable bonds is 3. The number of carbonyl (C=O) groups is 1. The van der Waals surface area contributed by atoms with Crippen LogP contribution in [0.5, 0.6) is 5.75 Å². The Kier molecular flexibility index (Phi) is 5.06. The quantitative estimate of drug-likeness (QED) is 0.778. The highest BCUT2D eigenvalue weighted by Gasteiger charge is 2.44. The van der Waals surface area contributed by atoms with E-state index in [1.165, 1.54) is 12.1 Å². The third kappa shape index (κ3) is 3.57. The molecule has 6 heteroatoms. The van der Waals surface area contributed by atoms with Crippen LogP contribution in [0.1, 0.15) is 38.2 Å². The number of Topliss-reactive ketones (excluding diaryl/α,β-unsaturated/α-hetero) is 1. The van der Waals surface area contributed by atoms with Gasteiger partial charge in [0.05, 0.1) is 24.7 Å². The Balaban J connectivity index is 1.96. The lowest BCUT2D eigenvalue weighted by Crippen LogP contribution is -2.42. The Bertz CT molecular complexity index is 1140. The molecule has 2 aromatic carbocycles. The number of methoxy groups -OCH3 is 1. The van der Waals surface area contributed by atoms with Gasteiger partial charge in [0.15, 0.2) is 5.78 Å². The first kappa shape index (κ1) is 20.7. The number of nitrogens with zero attached hydrogens (tertiary/aromatic N) is 2. The number of ketones is 1. The molecule has 158 valence electrons. The van der Waals surface area contributed by atoms with E-state index in [1.54, 1.807) is 19.2 Å². The van der Waals surface area contributed by atoms with E-state index in [9.17, 15) is 14.4 Å². The van der Waals surface area contributed by atoms with Crippen LogP contribution in [0, 0.1) is 22.6 Å². The number of allylic oxidation sites excluding steroid dienone is 3. The molecule has 0 amide bonds. The molecule has 0 spiro atoms. The molecule has 1 atom stereocenters. The maximum absolute atomic E-state index is 13.6. The lowest BCUT2D eigenvalue weighted by molar-refractivity contribution is -0.118. The number of halogens is 1. The summed E-state index contributed by atoms with van der Waals surface area (Å²) in [6, 6.07) is 15.5. The lowest BCUT2D eigenvalue weighted by atomic mass is 9.68. The second-order valence-electron chi connectivity index (χ2n) is 8.73. The van der Waals surface area contributed by atoms with E-state index in [0.29, 0.717) is 29.7 Å². The Morgan fingerprint density at radius 2 is 1.77 bits per heavy atom. The highest BCUT2D eigenvalue weighted by Crippen LogP contribution is 2.50. The van der Waals surface area contributed by atoms with Gasteiger partial charge < -0.3 is 10.5 Å². The first-order valence-electron chi connectivity index (χ1n) is 10.1. The van der Waals surface area contributed by atoms with Gasteiger partial charge in [-0.15, -0.1) is 0 Å². The van der Waals surface area contributed by atoms with Gasteiger partial charge in [-0.05, 0) is 53.8 Å².